The first-order valence-corrected chi connectivity index (χ1v) is 9.75. The van der Waals surface area contributed by atoms with Crippen molar-refractivity contribution in [1.82, 2.24) is 0 Å². The van der Waals surface area contributed by atoms with Crippen molar-refractivity contribution in [2.45, 2.75) is 31.0 Å². The molecule has 2 fully saturated rings. The van der Waals surface area contributed by atoms with E-state index in [2.05, 4.69) is 10.0 Å². The summed E-state index contributed by atoms with van der Waals surface area (Å²) >= 11 is 0. The highest BCUT2D eigenvalue weighted by Gasteiger charge is 2.69. The quantitative estimate of drug-likeness (QED) is 0.207. The summed E-state index contributed by atoms with van der Waals surface area (Å²) in [5, 5.41) is 35.5. The number of Topliss-reactive ketones (excluding diaryl/α,β-unsaturated/α-hetero) is 4. The number of amides is 1. The van der Waals surface area contributed by atoms with Crippen molar-refractivity contribution < 1.29 is 39.3 Å². The number of rotatable bonds is 2. The average molecular weight is 442 g/mol. The second kappa shape index (κ2) is 6.95. The number of hydrogen-bond donors (Lipinski definition) is 4. The highest BCUT2D eigenvalue weighted by molar-refractivity contribution is 6.32. The summed E-state index contributed by atoms with van der Waals surface area (Å²) in [5.41, 5.74) is 10.9. The summed E-state index contributed by atoms with van der Waals surface area (Å²) in [5.74, 6) is -13.7. The number of benzene rings is 1. The van der Waals surface area contributed by atoms with E-state index in [0.29, 0.717) is 0 Å². The van der Waals surface area contributed by atoms with Crippen LogP contribution in [-0.4, -0.2) is 56.1 Å². The molecule has 1 amide bonds. The number of nitrogens with zero attached hydrogens (tertiary/aromatic N) is 3. The highest BCUT2D eigenvalue weighted by atomic mass is 16.3. The van der Waals surface area contributed by atoms with E-state index >= 15 is 0 Å². The molecule has 5 N–H and O–H groups in total. The third kappa shape index (κ3) is 2.51. The van der Waals surface area contributed by atoms with Crippen LogP contribution in [-0.2, 0) is 19.2 Å². The number of aliphatic hydroxyl groups is 2. The largest absolute Gasteiger partial charge is 0.507 e. The SMILES string of the molecule is C[C@@H]1c2c(N=[N+]=[N-])ccc(O)c2C(=O)C2C(=O)[C@]3(O)C(=O)C(C(N)=O)C(=O)[C@H](O)[C@@H]3C[C@@H]21. The topological polar surface area (TPSA) is 221 Å². The number of azide groups is 1. The zero-order chi connectivity index (χ0) is 23.7. The van der Waals surface area contributed by atoms with Crippen LogP contribution < -0.4 is 5.73 Å². The number of fused-ring (bicyclic) bond motifs is 3. The van der Waals surface area contributed by atoms with Crippen LogP contribution in [0.4, 0.5) is 5.69 Å². The Morgan fingerprint density at radius 3 is 2.50 bits per heavy atom. The van der Waals surface area contributed by atoms with Crippen LogP contribution in [0.1, 0.15) is 35.2 Å². The molecule has 4 rings (SSSR count). The standard InChI is InChI=1S/C20H18N4O8/c1-5-6-4-7-14(26)16(28)13(19(21)31)18(30)20(7,32)17(29)11(6)15(27)12-9(25)3-2-8(10(5)12)23-24-22/h2-3,5-7,11,13-14,25-26,32H,4H2,1H3,(H2,21,31)/t5-,6+,7-,11?,13?,14+,20-/m0/s1. The fourth-order valence-corrected chi connectivity index (χ4v) is 5.49. The average Bonchev–Trinajstić information content (AvgIpc) is 2.73. The smallest absolute Gasteiger partial charge is 0.235 e. The molecule has 2 unspecified atom stereocenters. The van der Waals surface area contributed by atoms with E-state index in [0.717, 1.165) is 6.07 Å². The fraction of sp³-hybridized carbons (Fsp3) is 0.450. The lowest BCUT2D eigenvalue weighted by molar-refractivity contribution is -0.186. The summed E-state index contributed by atoms with van der Waals surface area (Å²) in [6.07, 6.45) is -2.33. The summed E-state index contributed by atoms with van der Waals surface area (Å²) in [7, 11) is 0. The van der Waals surface area contributed by atoms with Gasteiger partial charge in [0.1, 0.15) is 11.9 Å². The molecule has 0 heterocycles. The Morgan fingerprint density at radius 1 is 1.25 bits per heavy atom. The number of carbonyl (C=O) groups excluding carboxylic acids is 5. The number of primary amides is 1. The first-order chi connectivity index (χ1) is 15.0. The number of phenolic OH excluding ortho intramolecular Hbond substituents is 1. The number of hydrogen-bond acceptors (Lipinski definition) is 9. The van der Waals surface area contributed by atoms with Gasteiger partial charge in [0.2, 0.25) is 5.91 Å². The Bertz CT molecular complexity index is 1170. The molecule has 0 bridgehead atoms. The molecule has 0 aliphatic heterocycles. The van der Waals surface area contributed by atoms with Crippen molar-refractivity contribution in [2.75, 3.05) is 0 Å². The fourth-order valence-electron chi connectivity index (χ4n) is 5.49. The molecule has 1 aromatic carbocycles. The second-order valence-corrected chi connectivity index (χ2v) is 8.40. The van der Waals surface area contributed by atoms with Crippen LogP contribution in [0.15, 0.2) is 17.2 Å². The van der Waals surface area contributed by atoms with Crippen molar-refractivity contribution >= 4 is 34.7 Å². The minimum atomic E-state index is -2.97. The zero-order valence-corrected chi connectivity index (χ0v) is 16.6. The van der Waals surface area contributed by atoms with Gasteiger partial charge in [-0.1, -0.05) is 12.0 Å². The maximum absolute atomic E-state index is 13.4. The Hall–Kier alpha value is -3.60. The molecule has 32 heavy (non-hydrogen) atoms. The van der Waals surface area contributed by atoms with Crippen molar-refractivity contribution in [3.05, 3.63) is 33.7 Å². The van der Waals surface area contributed by atoms with E-state index < -0.39 is 76.1 Å². The van der Waals surface area contributed by atoms with Gasteiger partial charge in [-0.3, -0.25) is 24.0 Å². The summed E-state index contributed by atoms with van der Waals surface area (Å²) in [6.45, 7) is 1.60. The van der Waals surface area contributed by atoms with Gasteiger partial charge in [0.05, 0.1) is 11.5 Å². The first kappa shape index (κ1) is 21.6. The minimum absolute atomic E-state index is 0.0537. The molecule has 1 aromatic rings. The predicted octanol–water partition coefficient (Wildman–Crippen LogP) is -0.200. The van der Waals surface area contributed by atoms with E-state index in [9.17, 15) is 39.3 Å². The zero-order valence-electron chi connectivity index (χ0n) is 16.6. The number of carbonyl (C=O) groups is 5. The Kier molecular flexibility index (Phi) is 4.70. The molecule has 12 heteroatoms. The molecule has 0 spiro atoms. The highest BCUT2D eigenvalue weighted by Crippen LogP contribution is 2.55. The number of aliphatic hydroxyl groups excluding tert-OH is 1. The molecular weight excluding hydrogens is 424 g/mol. The molecule has 166 valence electrons. The van der Waals surface area contributed by atoms with E-state index in [-0.39, 0.29) is 23.2 Å². The Balaban J connectivity index is 1.91. The molecule has 3 aliphatic rings. The normalized spacial score (nSPS) is 36.0. The molecule has 7 atom stereocenters. The maximum atomic E-state index is 13.4. The lowest BCUT2D eigenvalue weighted by Gasteiger charge is -2.51. The first-order valence-electron chi connectivity index (χ1n) is 9.75. The van der Waals surface area contributed by atoms with E-state index in [1.807, 2.05) is 0 Å². The van der Waals surface area contributed by atoms with Gasteiger partial charge in [-0.15, -0.1) is 0 Å². The molecule has 12 nitrogen and oxygen atoms in total. The Labute approximate surface area is 179 Å². The van der Waals surface area contributed by atoms with Crippen molar-refractivity contribution in [3.8, 4) is 5.75 Å². The van der Waals surface area contributed by atoms with E-state index in [1.165, 1.54) is 6.07 Å². The van der Waals surface area contributed by atoms with Gasteiger partial charge in [0, 0.05) is 16.5 Å². The third-order valence-electron chi connectivity index (χ3n) is 7.01. The number of ketones is 4. The van der Waals surface area contributed by atoms with Gasteiger partial charge in [-0.25, -0.2) is 0 Å². The lowest BCUT2D eigenvalue weighted by Crippen LogP contribution is -2.72. The third-order valence-corrected chi connectivity index (χ3v) is 7.01. The van der Waals surface area contributed by atoms with Gasteiger partial charge >= 0.3 is 0 Å². The van der Waals surface area contributed by atoms with Crippen LogP contribution in [0, 0.1) is 23.7 Å². The predicted molar refractivity (Wildman–Crippen MR) is 103 cm³/mol. The maximum Gasteiger partial charge on any atom is 0.235 e. The van der Waals surface area contributed by atoms with Crippen molar-refractivity contribution in [2.24, 2.45) is 34.5 Å². The molecular formula is C20H18N4O8. The van der Waals surface area contributed by atoms with Gasteiger partial charge in [-0.05, 0) is 41.5 Å². The number of phenols is 1. The lowest BCUT2D eigenvalue weighted by atomic mass is 9.51. The van der Waals surface area contributed by atoms with Gasteiger partial charge in [0.15, 0.2) is 34.7 Å². The number of aromatic hydroxyl groups is 1. The Morgan fingerprint density at radius 2 is 1.91 bits per heavy atom. The van der Waals surface area contributed by atoms with Gasteiger partial charge in [0.25, 0.3) is 0 Å². The summed E-state index contributed by atoms with van der Waals surface area (Å²) < 4.78 is 0. The van der Waals surface area contributed by atoms with Crippen molar-refractivity contribution in [1.29, 1.82) is 0 Å². The molecule has 2 saturated carbocycles. The monoisotopic (exact) mass is 442 g/mol. The van der Waals surface area contributed by atoms with Gasteiger partial charge < -0.3 is 21.1 Å². The minimum Gasteiger partial charge on any atom is -0.507 e. The van der Waals surface area contributed by atoms with Crippen molar-refractivity contribution in [3.63, 3.8) is 0 Å². The van der Waals surface area contributed by atoms with Crippen LogP contribution in [0.5, 0.6) is 5.75 Å². The molecule has 0 aromatic heterocycles. The molecule has 0 saturated heterocycles. The van der Waals surface area contributed by atoms with Crippen LogP contribution in [0.3, 0.4) is 0 Å². The summed E-state index contributed by atoms with van der Waals surface area (Å²) in [6, 6.07) is 2.43. The molecule has 0 radical (unpaired) electrons. The summed E-state index contributed by atoms with van der Waals surface area (Å²) in [4.78, 5) is 66.4. The van der Waals surface area contributed by atoms with E-state index in [1.54, 1.807) is 6.92 Å². The van der Waals surface area contributed by atoms with Crippen LogP contribution in [0.2, 0.25) is 0 Å². The van der Waals surface area contributed by atoms with Crippen LogP contribution in [0.25, 0.3) is 10.4 Å². The second-order valence-electron chi connectivity index (χ2n) is 8.40. The van der Waals surface area contributed by atoms with Gasteiger partial charge in [-0.2, -0.15) is 0 Å². The van der Waals surface area contributed by atoms with Crippen LogP contribution >= 0.6 is 0 Å². The van der Waals surface area contributed by atoms with E-state index in [4.69, 9.17) is 11.3 Å². The molecule has 3 aliphatic carbocycles. The number of nitrogens with two attached hydrogens (primary N) is 1.